The lowest BCUT2D eigenvalue weighted by Crippen LogP contribution is -2.27. The van der Waals surface area contributed by atoms with Gasteiger partial charge >= 0.3 is 5.76 Å². The van der Waals surface area contributed by atoms with Crippen LogP contribution >= 0.6 is 0 Å². The topological polar surface area (TPSA) is 93.3 Å². The molecule has 146 valence electrons. The minimum absolute atomic E-state index is 0.163. The molecule has 1 aliphatic heterocycles. The van der Waals surface area contributed by atoms with E-state index in [1.54, 1.807) is 24.3 Å². The van der Waals surface area contributed by atoms with Crippen molar-refractivity contribution in [3.63, 3.8) is 0 Å². The Balaban J connectivity index is 1.48. The lowest BCUT2D eigenvalue weighted by atomic mass is 10.3. The second-order valence-corrected chi connectivity index (χ2v) is 7.05. The molecule has 4 aromatic rings. The number of hydrogen-bond acceptors (Lipinski definition) is 6. The monoisotopic (exact) mass is 389 g/mol. The van der Waals surface area contributed by atoms with Crippen LogP contribution in [0.25, 0.3) is 22.1 Å². The third-order valence-corrected chi connectivity index (χ3v) is 5.09. The van der Waals surface area contributed by atoms with E-state index in [1.165, 1.54) is 4.57 Å². The summed E-state index contributed by atoms with van der Waals surface area (Å²) in [5.41, 5.74) is 2.52. The maximum absolute atomic E-state index is 12.8. The zero-order valence-electron chi connectivity index (χ0n) is 15.7. The maximum atomic E-state index is 12.8. The van der Waals surface area contributed by atoms with Crippen LogP contribution in [0.3, 0.4) is 0 Å². The number of rotatable bonds is 4. The third kappa shape index (κ3) is 3.22. The predicted octanol–water partition coefficient (Wildman–Crippen LogP) is 2.78. The summed E-state index contributed by atoms with van der Waals surface area (Å²) < 4.78 is 6.52. The number of carbonyl (C=O) groups excluding carboxylic acids is 1. The van der Waals surface area contributed by atoms with Crippen LogP contribution in [0.5, 0.6) is 0 Å². The minimum atomic E-state index is -0.564. The Morgan fingerprint density at radius 1 is 1.00 bits per heavy atom. The standard InChI is InChI=1S/C21H19N5O3/c27-18(13-26-16-9-3-4-10-17(16)29-21(26)28)24-19-20(25-11-5-6-12-25)23-15-8-2-1-7-14(15)22-19/h1-4,7-10H,5-6,11-13H2,(H,22,24,27). The van der Waals surface area contributed by atoms with Crippen LogP contribution in [0.1, 0.15) is 12.8 Å². The van der Waals surface area contributed by atoms with Crippen LogP contribution in [0.15, 0.2) is 57.7 Å². The van der Waals surface area contributed by atoms with E-state index < -0.39 is 5.76 Å². The normalized spacial score (nSPS) is 14.0. The van der Waals surface area contributed by atoms with Gasteiger partial charge in [0.05, 0.1) is 16.6 Å². The van der Waals surface area contributed by atoms with Crippen molar-refractivity contribution in [1.29, 1.82) is 0 Å². The zero-order chi connectivity index (χ0) is 19.8. The quantitative estimate of drug-likeness (QED) is 0.577. The number of aromatic nitrogens is 3. The maximum Gasteiger partial charge on any atom is 0.420 e. The number of amides is 1. The number of nitrogens with zero attached hydrogens (tertiary/aromatic N) is 4. The first-order valence-corrected chi connectivity index (χ1v) is 9.59. The van der Waals surface area contributed by atoms with Crippen LogP contribution in [0.4, 0.5) is 11.6 Å². The van der Waals surface area contributed by atoms with Crippen LogP contribution in [0, 0.1) is 0 Å². The summed E-state index contributed by atoms with van der Waals surface area (Å²) in [5, 5.41) is 2.85. The van der Waals surface area contributed by atoms with Crippen LogP contribution < -0.4 is 16.0 Å². The van der Waals surface area contributed by atoms with Gasteiger partial charge in [0.1, 0.15) is 6.54 Å². The summed E-state index contributed by atoms with van der Waals surface area (Å²) in [7, 11) is 0. The Morgan fingerprint density at radius 2 is 1.69 bits per heavy atom. The van der Waals surface area contributed by atoms with Gasteiger partial charge in [-0.05, 0) is 37.1 Å². The van der Waals surface area contributed by atoms with Crippen LogP contribution in [-0.2, 0) is 11.3 Å². The second-order valence-electron chi connectivity index (χ2n) is 7.05. The molecule has 2 aromatic heterocycles. The molecule has 0 aliphatic carbocycles. The Morgan fingerprint density at radius 3 is 2.48 bits per heavy atom. The van der Waals surface area contributed by atoms with Crippen molar-refractivity contribution in [3.8, 4) is 0 Å². The van der Waals surface area contributed by atoms with Gasteiger partial charge < -0.3 is 14.6 Å². The van der Waals surface area contributed by atoms with Crippen molar-refractivity contribution in [2.75, 3.05) is 23.3 Å². The van der Waals surface area contributed by atoms with Crippen molar-refractivity contribution >= 4 is 39.7 Å². The van der Waals surface area contributed by atoms with E-state index in [0.29, 0.717) is 28.3 Å². The molecule has 0 radical (unpaired) electrons. The molecule has 0 bridgehead atoms. The summed E-state index contributed by atoms with van der Waals surface area (Å²) in [5.74, 6) is 0.157. The number of anilines is 2. The van der Waals surface area contributed by atoms with Gasteiger partial charge in [0.25, 0.3) is 0 Å². The van der Waals surface area contributed by atoms with Gasteiger partial charge in [-0.15, -0.1) is 0 Å². The molecule has 3 heterocycles. The smallest absolute Gasteiger partial charge is 0.408 e. The molecule has 5 rings (SSSR count). The molecule has 0 spiro atoms. The molecule has 1 saturated heterocycles. The molecule has 2 aromatic carbocycles. The molecule has 29 heavy (non-hydrogen) atoms. The Kier molecular flexibility index (Phi) is 4.23. The molecule has 1 N–H and O–H groups in total. The number of carbonyl (C=O) groups is 1. The number of nitrogens with one attached hydrogen (secondary N) is 1. The van der Waals surface area contributed by atoms with E-state index in [9.17, 15) is 9.59 Å². The van der Waals surface area contributed by atoms with E-state index in [0.717, 1.165) is 31.4 Å². The largest absolute Gasteiger partial charge is 0.420 e. The van der Waals surface area contributed by atoms with E-state index in [-0.39, 0.29) is 12.5 Å². The van der Waals surface area contributed by atoms with Gasteiger partial charge in [0.15, 0.2) is 17.2 Å². The number of benzene rings is 2. The van der Waals surface area contributed by atoms with Gasteiger partial charge in [-0.25, -0.2) is 14.8 Å². The van der Waals surface area contributed by atoms with Crippen molar-refractivity contribution in [2.24, 2.45) is 0 Å². The highest BCUT2D eigenvalue weighted by atomic mass is 16.4. The van der Waals surface area contributed by atoms with E-state index >= 15 is 0 Å². The van der Waals surface area contributed by atoms with Gasteiger partial charge in [-0.3, -0.25) is 9.36 Å². The predicted molar refractivity (Wildman–Crippen MR) is 110 cm³/mol. The first-order valence-electron chi connectivity index (χ1n) is 9.59. The first kappa shape index (κ1) is 17.4. The Hall–Kier alpha value is -3.68. The van der Waals surface area contributed by atoms with Crippen molar-refractivity contribution in [3.05, 3.63) is 59.1 Å². The SMILES string of the molecule is O=C(Cn1c(=O)oc2ccccc21)Nc1nc2ccccc2nc1N1CCCC1. The molecule has 0 saturated carbocycles. The van der Waals surface area contributed by atoms with Crippen molar-refractivity contribution in [2.45, 2.75) is 19.4 Å². The first-order chi connectivity index (χ1) is 14.2. The molecule has 0 unspecified atom stereocenters. The molecule has 8 heteroatoms. The fraction of sp³-hybridized carbons (Fsp3) is 0.238. The summed E-state index contributed by atoms with van der Waals surface area (Å²) in [4.78, 5) is 36.4. The van der Waals surface area contributed by atoms with Gasteiger partial charge in [-0.2, -0.15) is 0 Å². The molecule has 1 aliphatic rings. The Bertz CT molecular complexity index is 1270. The minimum Gasteiger partial charge on any atom is -0.408 e. The second kappa shape index (κ2) is 7.05. The summed E-state index contributed by atoms with van der Waals surface area (Å²) >= 11 is 0. The number of oxazole rings is 1. The highest BCUT2D eigenvalue weighted by Gasteiger charge is 2.21. The molecule has 0 atom stereocenters. The lowest BCUT2D eigenvalue weighted by molar-refractivity contribution is -0.116. The summed E-state index contributed by atoms with van der Waals surface area (Å²) in [6.07, 6.45) is 2.16. The van der Waals surface area contributed by atoms with Crippen LogP contribution in [-0.4, -0.2) is 33.5 Å². The summed E-state index contributed by atoms with van der Waals surface area (Å²) in [6.45, 7) is 1.59. The summed E-state index contributed by atoms with van der Waals surface area (Å²) in [6, 6.07) is 14.6. The third-order valence-electron chi connectivity index (χ3n) is 5.09. The lowest BCUT2D eigenvalue weighted by Gasteiger charge is -2.20. The van der Waals surface area contributed by atoms with Crippen LogP contribution in [0.2, 0.25) is 0 Å². The molecular formula is C21H19N5O3. The fourth-order valence-corrected chi connectivity index (χ4v) is 3.70. The number of para-hydroxylation sites is 4. The van der Waals surface area contributed by atoms with Gasteiger partial charge in [0, 0.05) is 13.1 Å². The number of hydrogen-bond donors (Lipinski definition) is 1. The molecule has 8 nitrogen and oxygen atoms in total. The van der Waals surface area contributed by atoms with E-state index in [1.807, 2.05) is 24.3 Å². The van der Waals surface area contributed by atoms with Crippen molar-refractivity contribution < 1.29 is 9.21 Å². The highest BCUT2D eigenvalue weighted by molar-refractivity contribution is 5.94. The van der Waals surface area contributed by atoms with Gasteiger partial charge in [-0.1, -0.05) is 24.3 Å². The van der Waals surface area contributed by atoms with E-state index in [2.05, 4.69) is 15.2 Å². The number of fused-ring (bicyclic) bond motifs is 2. The highest BCUT2D eigenvalue weighted by Crippen LogP contribution is 2.27. The Labute approximate surface area is 165 Å². The zero-order valence-corrected chi connectivity index (χ0v) is 15.7. The van der Waals surface area contributed by atoms with Crippen molar-refractivity contribution in [1.82, 2.24) is 14.5 Å². The van der Waals surface area contributed by atoms with E-state index in [4.69, 9.17) is 9.40 Å². The van der Waals surface area contributed by atoms with Gasteiger partial charge in [0.2, 0.25) is 5.91 Å². The molecule has 1 amide bonds. The molecule has 1 fully saturated rings. The fourth-order valence-electron chi connectivity index (χ4n) is 3.70. The average molecular weight is 389 g/mol. The average Bonchev–Trinajstić information content (AvgIpc) is 3.36. The molecular weight excluding hydrogens is 370 g/mol.